The van der Waals surface area contributed by atoms with Crippen molar-refractivity contribution in [3.8, 4) is 0 Å². The van der Waals surface area contributed by atoms with Crippen molar-refractivity contribution < 1.29 is 14.6 Å². The molecule has 0 radical (unpaired) electrons. The molecule has 0 spiro atoms. The lowest BCUT2D eigenvalue weighted by atomic mass is 9.75. The molecule has 0 aliphatic carbocycles. The quantitative estimate of drug-likeness (QED) is 0.575. The maximum absolute atomic E-state index is 11.2. The van der Waals surface area contributed by atoms with Gasteiger partial charge in [0.25, 0.3) is 0 Å². The van der Waals surface area contributed by atoms with E-state index in [0.717, 1.165) is 0 Å². The third kappa shape index (κ3) is 1.76. The van der Waals surface area contributed by atoms with Gasteiger partial charge in [-0.2, -0.15) is 0 Å². The number of ether oxygens (including phenoxy) is 1. The number of hydrogen-bond donors (Lipinski definition) is 2. The molecule has 0 aromatic carbocycles. The first-order chi connectivity index (χ1) is 5.29. The average molecular weight is 175 g/mol. The minimum absolute atomic E-state index is 0.414. The Balaban J connectivity index is 4.80. The molecule has 3 N–H and O–H groups in total. The highest BCUT2D eigenvalue weighted by atomic mass is 16.5. The minimum Gasteiger partial charge on any atom is -0.468 e. The Morgan fingerprint density at radius 3 is 2.00 bits per heavy atom. The van der Waals surface area contributed by atoms with Crippen LogP contribution in [0.1, 0.15) is 20.8 Å². The monoisotopic (exact) mass is 175 g/mol. The Hall–Kier alpha value is -0.610. The van der Waals surface area contributed by atoms with Gasteiger partial charge in [-0.15, -0.1) is 0 Å². The Labute approximate surface area is 72.7 Å². The van der Waals surface area contributed by atoms with Crippen molar-refractivity contribution >= 4 is 5.97 Å². The zero-order chi connectivity index (χ0) is 9.99. The highest BCUT2D eigenvalue weighted by Gasteiger charge is 2.45. The minimum atomic E-state index is -1.32. The van der Waals surface area contributed by atoms with E-state index in [4.69, 9.17) is 10.8 Å². The van der Waals surface area contributed by atoms with Crippen LogP contribution in [0.4, 0.5) is 0 Å². The number of esters is 1. The second-order valence-corrected chi connectivity index (χ2v) is 3.87. The lowest BCUT2D eigenvalue weighted by molar-refractivity contribution is -0.153. The Kier molecular flexibility index (Phi) is 3.24. The normalized spacial score (nSPS) is 16.8. The SMILES string of the molecule is COC(=O)C(N)(CO)C(C)(C)C. The van der Waals surface area contributed by atoms with E-state index in [-0.39, 0.29) is 0 Å². The summed E-state index contributed by atoms with van der Waals surface area (Å²) in [7, 11) is 1.26. The number of nitrogens with two attached hydrogens (primary N) is 1. The average Bonchev–Trinajstić information content (AvgIpc) is 1.99. The van der Waals surface area contributed by atoms with Gasteiger partial charge in [-0.05, 0) is 5.41 Å². The van der Waals surface area contributed by atoms with Crippen molar-refractivity contribution in [1.29, 1.82) is 0 Å². The molecule has 4 heteroatoms. The number of rotatable bonds is 2. The van der Waals surface area contributed by atoms with E-state index < -0.39 is 23.5 Å². The van der Waals surface area contributed by atoms with Gasteiger partial charge in [0.1, 0.15) is 5.54 Å². The molecule has 1 unspecified atom stereocenters. The van der Waals surface area contributed by atoms with E-state index in [1.807, 2.05) is 0 Å². The molecule has 0 rings (SSSR count). The topological polar surface area (TPSA) is 72.5 Å². The molecule has 1 atom stereocenters. The summed E-state index contributed by atoms with van der Waals surface area (Å²) in [6.07, 6.45) is 0. The number of aliphatic hydroxyl groups is 1. The van der Waals surface area contributed by atoms with Gasteiger partial charge in [-0.25, -0.2) is 4.79 Å². The summed E-state index contributed by atoms with van der Waals surface area (Å²) in [6, 6.07) is 0. The van der Waals surface area contributed by atoms with Gasteiger partial charge in [0.05, 0.1) is 13.7 Å². The van der Waals surface area contributed by atoms with Crippen molar-refractivity contribution in [3.05, 3.63) is 0 Å². The zero-order valence-electron chi connectivity index (χ0n) is 8.05. The van der Waals surface area contributed by atoms with Crippen LogP contribution in [0.2, 0.25) is 0 Å². The van der Waals surface area contributed by atoms with Gasteiger partial charge in [0.15, 0.2) is 0 Å². The maximum atomic E-state index is 11.2. The van der Waals surface area contributed by atoms with Crippen molar-refractivity contribution in [3.63, 3.8) is 0 Å². The van der Waals surface area contributed by atoms with Crippen molar-refractivity contribution in [2.24, 2.45) is 11.1 Å². The fourth-order valence-corrected chi connectivity index (χ4v) is 0.790. The summed E-state index contributed by atoms with van der Waals surface area (Å²) in [4.78, 5) is 11.2. The number of carbonyl (C=O) groups excluding carboxylic acids is 1. The van der Waals surface area contributed by atoms with Crippen LogP contribution in [-0.4, -0.2) is 30.3 Å². The molecular weight excluding hydrogens is 158 g/mol. The Morgan fingerprint density at radius 2 is 1.92 bits per heavy atom. The van der Waals surface area contributed by atoms with Crippen LogP contribution in [0, 0.1) is 5.41 Å². The second-order valence-electron chi connectivity index (χ2n) is 3.87. The Morgan fingerprint density at radius 1 is 1.50 bits per heavy atom. The van der Waals surface area contributed by atoms with Crippen molar-refractivity contribution in [2.45, 2.75) is 26.3 Å². The highest BCUT2D eigenvalue weighted by molar-refractivity contribution is 5.81. The third-order valence-corrected chi connectivity index (χ3v) is 2.14. The van der Waals surface area contributed by atoms with Crippen LogP contribution < -0.4 is 5.73 Å². The summed E-state index contributed by atoms with van der Waals surface area (Å²) in [5, 5.41) is 9.00. The van der Waals surface area contributed by atoms with E-state index in [0.29, 0.717) is 0 Å². The molecule has 4 nitrogen and oxygen atoms in total. The van der Waals surface area contributed by atoms with Gasteiger partial charge in [0, 0.05) is 0 Å². The summed E-state index contributed by atoms with van der Waals surface area (Å²) >= 11 is 0. The standard InChI is InChI=1S/C8H17NO3/c1-7(2,3)8(9,5-10)6(11)12-4/h10H,5,9H2,1-4H3. The first-order valence-corrected chi connectivity index (χ1v) is 3.77. The van der Waals surface area contributed by atoms with Crippen LogP contribution in [0.3, 0.4) is 0 Å². The van der Waals surface area contributed by atoms with E-state index in [9.17, 15) is 4.79 Å². The summed E-state index contributed by atoms with van der Waals surface area (Å²) in [5.41, 5.74) is 3.87. The molecule has 0 saturated carbocycles. The fourth-order valence-electron chi connectivity index (χ4n) is 0.790. The molecule has 0 aliphatic rings. The summed E-state index contributed by atoms with van der Waals surface area (Å²) in [6.45, 7) is 4.92. The van der Waals surface area contributed by atoms with Crippen LogP contribution in [0.25, 0.3) is 0 Å². The molecule has 0 aliphatic heterocycles. The molecule has 0 fully saturated rings. The molecule has 0 bridgehead atoms. The summed E-state index contributed by atoms with van der Waals surface area (Å²) < 4.78 is 4.51. The van der Waals surface area contributed by atoms with Crippen LogP contribution in [0.5, 0.6) is 0 Å². The highest BCUT2D eigenvalue weighted by Crippen LogP contribution is 2.28. The molecule has 0 aromatic heterocycles. The molecule has 72 valence electrons. The fraction of sp³-hybridized carbons (Fsp3) is 0.875. The molecule has 0 saturated heterocycles. The first kappa shape index (κ1) is 11.4. The van der Waals surface area contributed by atoms with Crippen LogP contribution >= 0.6 is 0 Å². The number of methoxy groups -OCH3 is 1. The van der Waals surface area contributed by atoms with Gasteiger partial charge in [-0.1, -0.05) is 20.8 Å². The zero-order valence-corrected chi connectivity index (χ0v) is 8.05. The van der Waals surface area contributed by atoms with E-state index >= 15 is 0 Å². The molecular formula is C8H17NO3. The van der Waals surface area contributed by atoms with Crippen LogP contribution in [0.15, 0.2) is 0 Å². The van der Waals surface area contributed by atoms with E-state index in [2.05, 4.69) is 4.74 Å². The van der Waals surface area contributed by atoms with Gasteiger partial charge < -0.3 is 15.6 Å². The second kappa shape index (κ2) is 3.41. The molecule has 0 amide bonds. The maximum Gasteiger partial charge on any atom is 0.328 e. The van der Waals surface area contributed by atoms with Gasteiger partial charge >= 0.3 is 5.97 Å². The summed E-state index contributed by atoms with van der Waals surface area (Å²) in [5.74, 6) is -0.586. The van der Waals surface area contributed by atoms with Gasteiger partial charge in [0.2, 0.25) is 0 Å². The van der Waals surface area contributed by atoms with Crippen LogP contribution in [-0.2, 0) is 9.53 Å². The molecule has 0 heterocycles. The van der Waals surface area contributed by atoms with Crippen molar-refractivity contribution in [1.82, 2.24) is 0 Å². The smallest absolute Gasteiger partial charge is 0.328 e. The first-order valence-electron chi connectivity index (χ1n) is 3.77. The van der Waals surface area contributed by atoms with Gasteiger partial charge in [-0.3, -0.25) is 0 Å². The predicted molar refractivity (Wildman–Crippen MR) is 45.5 cm³/mol. The largest absolute Gasteiger partial charge is 0.468 e. The lowest BCUT2D eigenvalue weighted by Crippen LogP contribution is -2.61. The van der Waals surface area contributed by atoms with Crippen molar-refractivity contribution in [2.75, 3.05) is 13.7 Å². The number of carbonyl (C=O) groups is 1. The predicted octanol–water partition coefficient (Wildman–Crippen LogP) is -0.105. The molecule has 12 heavy (non-hydrogen) atoms. The lowest BCUT2D eigenvalue weighted by Gasteiger charge is -2.36. The number of hydrogen-bond acceptors (Lipinski definition) is 4. The number of aliphatic hydroxyl groups excluding tert-OH is 1. The molecule has 0 aromatic rings. The third-order valence-electron chi connectivity index (χ3n) is 2.14. The Bertz CT molecular complexity index is 174. The van der Waals surface area contributed by atoms with E-state index in [1.165, 1.54) is 7.11 Å². The van der Waals surface area contributed by atoms with E-state index in [1.54, 1.807) is 20.8 Å².